The highest BCUT2D eigenvalue weighted by atomic mass is 32.2. The molecule has 0 bridgehead atoms. The van der Waals surface area contributed by atoms with Crippen LogP contribution in [-0.2, 0) is 6.61 Å². The number of imidazole rings is 1. The highest BCUT2D eigenvalue weighted by Crippen LogP contribution is 2.26. The van der Waals surface area contributed by atoms with Crippen molar-refractivity contribution >= 4 is 22.8 Å². The molecular weight excluding hydrogens is 276 g/mol. The van der Waals surface area contributed by atoms with Gasteiger partial charge in [0.05, 0.1) is 24.8 Å². The number of methoxy groups -OCH3 is 1. The summed E-state index contributed by atoms with van der Waals surface area (Å²) in [6, 6.07) is 5.65. The first-order chi connectivity index (χ1) is 9.78. The van der Waals surface area contributed by atoms with E-state index < -0.39 is 0 Å². The number of nitrogens with one attached hydrogen (secondary N) is 1. The molecule has 7 heteroatoms. The van der Waals surface area contributed by atoms with Gasteiger partial charge >= 0.3 is 0 Å². The molecule has 0 aliphatic carbocycles. The molecule has 0 saturated heterocycles. The first-order valence-corrected chi connectivity index (χ1v) is 6.73. The Hall–Kier alpha value is -2.12. The highest BCUT2D eigenvalue weighted by Gasteiger charge is 2.07. The van der Waals surface area contributed by atoms with E-state index >= 15 is 0 Å². The Bertz CT molecular complexity index is 727. The molecule has 0 aliphatic rings. The van der Waals surface area contributed by atoms with Gasteiger partial charge in [0.2, 0.25) is 0 Å². The van der Waals surface area contributed by atoms with Crippen molar-refractivity contribution < 1.29 is 9.84 Å². The van der Waals surface area contributed by atoms with Crippen molar-refractivity contribution in [2.24, 2.45) is 0 Å². The number of rotatable bonds is 4. The van der Waals surface area contributed by atoms with E-state index in [0.717, 1.165) is 16.8 Å². The molecule has 102 valence electrons. The molecule has 0 fully saturated rings. The maximum absolute atomic E-state index is 8.95. The zero-order valence-corrected chi connectivity index (χ0v) is 11.5. The fourth-order valence-corrected chi connectivity index (χ4v) is 2.39. The number of benzene rings is 1. The molecule has 2 heterocycles. The van der Waals surface area contributed by atoms with Crippen LogP contribution in [0.5, 0.6) is 5.75 Å². The Kier molecular flexibility index (Phi) is 3.53. The maximum Gasteiger partial charge on any atom is 0.195 e. The summed E-state index contributed by atoms with van der Waals surface area (Å²) in [6.45, 7) is -0.0601. The van der Waals surface area contributed by atoms with Crippen molar-refractivity contribution in [3.05, 3.63) is 36.2 Å². The van der Waals surface area contributed by atoms with Crippen LogP contribution in [0.1, 0.15) is 5.56 Å². The minimum Gasteiger partial charge on any atom is -0.497 e. The molecule has 2 N–H and O–H groups in total. The molecule has 0 unspecified atom stereocenters. The van der Waals surface area contributed by atoms with E-state index in [1.165, 1.54) is 11.8 Å². The Labute approximate surface area is 119 Å². The summed E-state index contributed by atoms with van der Waals surface area (Å²) in [5.41, 5.74) is 2.45. The normalized spacial score (nSPS) is 10.9. The van der Waals surface area contributed by atoms with Gasteiger partial charge in [-0.25, -0.2) is 15.0 Å². The quantitative estimate of drug-likeness (QED) is 0.714. The van der Waals surface area contributed by atoms with Crippen LogP contribution in [0.25, 0.3) is 11.0 Å². The average Bonchev–Trinajstić information content (AvgIpc) is 2.89. The van der Waals surface area contributed by atoms with Gasteiger partial charge in [-0.15, -0.1) is 0 Å². The third-order valence-corrected chi connectivity index (χ3v) is 3.50. The molecule has 0 saturated carbocycles. The predicted molar refractivity (Wildman–Crippen MR) is 74.7 cm³/mol. The number of fused-ring (bicyclic) bond motifs is 1. The number of hydrogen-bond donors (Lipinski definition) is 2. The van der Waals surface area contributed by atoms with Crippen LogP contribution in [-0.4, -0.2) is 32.2 Å². The minimum atomic E-state index is -0.0601. The third kappa shape index (κ3) is 2.59. The van der Waals surface area contributed by atoms with E-state index in [4.69, 9.17) is 9.84 Å². The smallest absolute Gasteiger partial charge is 0.195 e. The van der Waals surface area contributed by atoms with Crippen molar-refractivity contribution in [3.8, 4) is 5.75 Å². The van der Waals surface area contributed by atoms with Gasteiger partial charge < -0.3 is 14.8 Å². The van der Waals surface area contributed by atoms with E-state index in [1.54, 1.807) is 19.5 Å². The molecule has 3 rings (SSSR count). The Morgan fingerprint density at radius 2 is 2.10 bits per heavy atom. The van der Waals surface area contributed by atoms with Crippen LogP contribution < -0.4 is 4.74 Å². The van der Waals surface area contributed by atoms with Gasteiger partial charge in [0.25, 0.3) is 0 Å². The van der Waals surface area contributed by atoms with Gasteiger partial charge in [0.15, 0.2) is 10.3 Å². The number of nitrogens with zero attached hydrogens (tertiary/aromatic N) is 3. The number of aliphatic hydroxyl groups is 1. The van der Waals surface area contributed by atoms with Crippen molar-refractivity contribution in [2.75, 3.05) is 7.11 Å². The van der Waals surface area contributed by atoms with Gasteiger partial charge in [0, 0.05) is 24.0 Å². The molecule has 0 aliphatic heterocycles. The Morgan fingerprint density at radius 1 is 1.30 bits per heavy atom. The van der Waals surface area contributed by atoms with Crippen molar-refractivity contribution in [1.82, 2.24) is 19.9 Å². The van der Waals surface area contributed by atoms with Crippen LogP contribution in [0.2, 0.25) is 0 Å². The van der Waals surface area contributed by atoms with Gasteiger partial charge in [-0.05, 0) is 23.9 Å². The largest absolute Gasteiger partial charge is 0.497 e. The van der Waals surface area contributed by atoms with Crippen LogP contribution in [0, 0.1) is 0 Å². The van der Waals surface area contributed by atoms with E-state index in [2.05, 4.69) is 19.9 Å². The molecule has 0 atom stereocenters. The molecular formula is C13H12N4O2S. The summed E-state index contributed by atoms with van der Waals surface area (Å²) in [5.74, 6) is 0.779. The molecule has 0 radical (unpaired) electrons. The van der Waals surface area contributed by atoms with Gasteiger partial charge in [-0.1, -0.05) is 0 Å². The predicted octanol–water partition coefficient (Wildman–Crippen LogP) is 2.00. The maximum atomic E-state index is 8.95. The summed E-state index contributed by atoms with van der Waals surface area (Å²) in [4.78, 5) is 16.0. The standard InChI is InChI=1S/C13H12N4O2S/c1-19-9-2-3-10-11(4-9)17-13(16-10)20-12-14-5-8(7-18)6-15-12/h2-6,18H,7H2,1H3,(H,16,17). The summed E-state index contributed by atoms with van der Waals surface area (Å²) in [6.07, 6.45) is 3.20. The molecule has 2 aromatic heterocycles. The second-order valence-corrected chi connectivity index (χ2v) is 5.02. The summed E-state index contributed by atoms with van der Waals surface area (Å²) < 4.78 is 5.17. The fourth-order valence-electron chi connectivity index (χ4n) is 1.70. The van der Waals surface area contributed by atoms with Crippen molar-refractivity contribution in [1.29, 1.82) is 0 Å². The average molecular weight is 288 g/mol. The lowest BCUT2D eigenvalue weighted by atomic mass is 10.3. The highest BCUT2D eigenvalue weighted by molar-refractivity contribution is 7.99. The second-order valence-electron chi connectivity index (χ2n) is 4.06. The minimum absolute atomic E-state index is 0.0601. The van der Waals surface area contributed by atoms with Gasteiger partial charge in [0.1, 0.15) is 5.75 Å². The molecule has 1 aromatic carbocycles. The van der Waals surface area contributed by atoms with Crippen molar-refractivity contribution in [2.45, 2.75) is 16.9 Å². The van der Waals surface area contributed by atoms with Crippen LogP contribution in [0.15, 0.2) is 40.9 Å². The van der Waals surface area contributed by atoms with Gasteiger partial charge in [-0.3, -0.25) is 0 Å². The monoisotopic (exact) mass is 288 g/mol. The first kappa shape index (κ1) is 12.9. The van der Waals surface area contributed by atoms with E-state index in [-0.39, 0.29) is 6.61 Å². The van der Waals surface area contributed by atoms with Crippen LogP contribution in [0.3, 0.4) is 0 Å². The number of hydrogen-bond acceptors (Lipinski definition) is 6. The molecule has 0 amide bonds. The SMILES string of the molecule is COc1ccc2nc(Sc3ncc(CO)cn3)[nH]c2c1. The number of H-pyrrole nitrogens is 1. The lowest BCUT2D eigenvalue weighted by Crippen LogP contribution is -1.90. The number of aromatic nitrogens is 4. The Balaban J connectivity index is 1.86. The van der Waals surface area contributed by atoms with Gasteiger partial charge in [-0.2, -0.15) is 0 Å². The third-order valence-electron chi connectivity index (χ3n) is 2.72. The number of aromatic amines is 1. The molecule has 3 aromatic rings. The van der Waals surface area contributed by atoms with Crippen LogP contribution in [0.4, 0.5) is 0 Å². The fraction of sp³-hybridized carbons (Fsp3) is 0.154. The zero-order valence-electron chi connectivity index (χ0n) is 10.7. The molecule has 20 heavy (non-hydrogen) atoms. The second kappa shape index (κ2) is 5.48. The molecule has 0 spiro atoms. The summed E-state index contributed by atoms with van der Waals surface area (Å²) in [5, 5.41) is 10.2. The molecule has 6 nitrogen and oxygen atoms in total. The van der Waals surface area contributed by atoms with Crippen LogP contribution >= 0.6 is 11.8 Å². The zero-order chi connectivity index (χ0) is 13.9. The Morgan fingerprint density at radius 3 is 2.80 bits per heavy atom. The summed E-state index contributed by atoms with van der Waals surface area (Å²) >= 11 is 1.33. The van der Waals surface area contributed by atoms with E-state index in [1.807, 2.05) is 18.2 Å². The number of ether oxygens (including phenoxy) is 1. The topological polar surface area (TPSA) is 83.9 Å². The van der Waals surface area contributed by atoms with Crippen molar-refractivity contribution in [3.63, 3.8) is 0 Å². The van der Waals surface area contributed by atoms with E-state index in [9.17, 15) is 0 Å². The lowest BCUT2D eigenvalue weighted by Gasteiger charge is -1.97. The number of aliphatic hydroxyl groups excluding tert-OH is 1. The summed E-state index contributed by atoms with van der Waals surface area (Å²) in [7, 11) is 1.63. The van der Waals surface area contributed by atoms with E-state index in [0.29, 0.717) is 15.9 Å². The lowest BCUT2D eigenvalue weighted by molar-refractivity contribution is 0.280. The first-order valence-electron chi connectivity index (χ1n) is 5.92.